The van der Waals surface area contributed by atoms with Crippen LogP contribution < -0.4 is 20.7 Å². The maximum absolute atomic E-state index is 13.3. The number of anilines is 2. The Morgan fingerprint density at radius 1 is 1.24 bits per heavy atom. The van der Waals surface area contributed by atoms with Gasteiger partial charge in [0.1, 0.15) is 11.2 Å². The Morgan fingerprint density at radius 3 is 2.79 bits per heavy atom. The molecule has 1 unspecified atom stereocenters. The molecule has 5 heterocycles. The standard InChI is InChI=1S/C21H20FN9O2S/c1-33-17-8-25-15(7-26-17)18(32)29-14-2-3-24-16(4-14)21-11-31(20-27-5-13(22)6-28-20)9-12(21)10-34-19(23)30-21/h2-8,12H,9-11H2,1H3,(H2,23,30)(H,24,29,32)/t12?,21-/m0/s1. The lowest BCUT2D eigenvalue weighted by Gasteiger charge is -2.33. The molecule has 0 spiro atoms. The zero-order chi connectivity index (χ0) is 23.7. The lowest BCUT2D eigenvalue weighted by molar-refractivity contribution is 0.102. The summed E-state index contributed by atoms with van der Waals surface area (Å²) in [4.78, 5) is 40.3. The first-order valence-corrected chi connectivity index (χ1v) is 11.3. The van der Waals surface area contributed by atoms with Gasteiger partial charge in [-0.25, -0.2) is 29.3 Å². The minimum atomic E-state index is -0.756. The number of pyridine rings is 1. The van der Waals surface area contributed by atoms with Crippen LogP contribution in [0.25, 0.3) is 0 Å². The molecule has 1 fully saturated rings. The highest BCUT2D eigenvalue weighted by molar-refractivity contribution is 8.13. The molecule has 0 aliphatic carbocycles. The van der Waals surface area contributed by atoms with E-state index >= 15 is 0 Å². The number of ether oxygens (including phenoxy) is 1. The minimum Gasteiger partial charge on any atom is -0.480 e. The molecule has 1 saturated heterocycles. The van der Waals surface area contributed by atoms with Crippen molar-refractivity contribution in [3.05, 3.63) is 60.3 Å². The summed E-state index contributed by atoms with van der Waals surface area (Å²) >= 11 is 1.48. The molecule has 5 rings (SSSR count). The molecule has 2 aliphatic heterocycles. The number of hydrogen-bond acceptors (Lipinski definition) is 11. The van der Waals surface area contributed by atoms with Crippen LogP contribution in [-0.2, 0) is 5.54 Å². The van der Waals surface area contributed by atoms with Gasteiger partial charge in [-0.15, -0.1) is 0 Å². The molecule has 11 nitrogen and oxygen atoms in total. The van der Waals surface area contributed by atoms with Gasteiger partial charge in [-0.3, -0.25) is 9.78 Å². The fourth-order valence-corrected chi connectivity index (χ4v) is 5.06. The van der Waals surface area contributed by atoms with E-state index < -0.39 is 17.3 Å². The fourth-order valence-electron chi connectivity index (χ4n) is 4.08. The first-order valence-electron chi connectivity index (χ1n) is 10.3. The number of amidine groups is 1. The van der Waals surface area contributed by atoms with Crippen molar-refractivity contribution in [2.24, 2.45) is 16.6 Å². The van der Waals surface area contributed by atoms with Gasteiger partial charge in [-0.1, -0.05) is 11.8 Å². The van der Waals surface area contributed by atoms with Gasteiger partial charge in [0.05, 0.1) is 44.1 Å². The average molecular weight is 482 g/mol. The SMILES string of the molecule is COc1cnc(C(=O)Nc2ccnc([C@]34CN(c5ncc(F)cn5)CC3CSC(N)=N4)c2)cn1. The van der Waals surface area contributed by atoms with E-state index in [0.29, 0.717) is 41.5 Å². The van der Waals surface area contributed by atoms with Crippen LogP contribution in [0.3, 0.4) is 0 Å². The second kappa shape index (κ2) is 8.82. The van der Waals surface area contributed by atoms with E-state index in [2.05, 4.69) is 30.2 Å². The lowest BCUT2D eigenvalue weighted by atomic mass is 9.85. The number of fused-ring (bicyclic) bond motifs is 1. The number of methoxy groups -OCH3 is 1. The van der Waals surface area contributed by atoms with Crippen LogP contribution in [-0.4, -0.2) is 61.9 Å². The fraction of sp³-hybridized carbons (Fsp3) is 0.286. The molecular weight excluding hydrogens is 461 g/mol. The summed E-state index contributed by atoms with van der Waals surface area (Å²) in [6.45, 7) is 1.02. The van der Waals surface area contributed by atoms with Crippen molar-refractivity contribution in [2.75, 3.05) is 36.2 Å². The van der Waals surface area contributed by atoms with Gasteiger partial charge in [0, 0.05) is 30.1 Å². The molecule has 1 amide bonds. The van der Waals surface area contributed by atoms with Crippen molar-refractivity contribution in [1.82, 2.24) is 24.9 Å². The predicted molar refractivity (Wildman–Crippen MR) is 124 cm³/mol. The smallest absolute Gasteiger partial charge is 0.275 e. The summed E-state index contributed by atoms with van der Waals surface area (Å²) in [5.41, 5.74) is 6.70. The van der Waals surface area contributed by atoms with Crippen molar-refractivity contribution in [3.63, 3.8) is 0 Å². The van der Waals surface area contributed by atoms with Crippen LogP contribution in [0.1, 0.15) is 16.2 Å². The molecule has 34 heavy (non-hydrogen) atoms. The Hall–Kier alpha value is -3.87. The molecule has 174 valence electrons. The van der Waals surface area contributed by atoms with Crippen LogP contribution in [0.2, 0.25) is 0 Å². The number of nitrogens with zero attached hydrogens (tertiary/aromatic N) is 7. The molecule has 2 atom stereocenters. The number of rotatable bonds is 5. The summed E-state index contributed by atoms with van der Waals surface area (Å²) in [5, 5.41) is 3.29. The highest BCUT2D eigenvalue weighted by Gasteiger charge is 2.51. The highest BCUT2D eigenvalue weighted by Crippen LogP contribution is 2.45. The molecular formula is C21H20FN9O2S. The van der Waals surface area contributed by atoms with Crippen molar-refractivity contribution in [3.8, 4) is 5.88 Å². The number of hydrogen-bond donors (Lipinski definition) is 2. The molecule has 3 N–H and O–H groups in total. The molecule has 2 aliphatic rings. The maximum atomic E-state index is 13.3. The summed E-state index contributed by atoms with van der Waals surface area (Å²) in [6, 6.07) is 3.47. The Kier molecular flexibility index (Phi) is 5.69. The number of aromatic nitrogens is 5. The number of carbonyl (C=O) groups excluding carboxylic acids is 1. The Bertz CT molecular complexity index is 1240. The largest absolute Gasteiger partial charge is 0.480 e. The second-order valence-corrected chi connectivity index (χ2v) is 8.83. The monoisotopic (exact) mass is 481 g/mol. The first-order chi connectivity index (χ1) is 16.5. The highest BCUT2D eigenvalue weighted by atomic mass is 32.2. The second-order valence-electron chi connectivity index (χ2n) is 7.79. The van der Waals surface area contributed by atoms with E-state index in [1.54, 1.807) is 18.3 Å². The van der Waals surface area contributed by atoms with Gasteiger partial charge in [0.2, 0.25) is 11.8 Å². The van der Waals surface area contributed by atoms with Crippen LogP contribution in [0, 0.1) is 11.7 Å². The Balaban J connectivity index is 1.44. The topological polar surface area (TPSA) is 144 Å². The van der Waals surface area contributed by atoms with Gasteiger partial charge in [0.15, 0.2) is 11.0 Å². The molecule has 0 radical (unpaired) electrons. The van der Waals surface area contributed by atoms with E-state index in [9.17, 15) is 9.18 Å². The van der Waals surface area contributed by atoms with Crippen molar-refractivity contribution in [2.45, 2.75) is 5.54 Å². The number of nitrogens with two attached hydrogens (primary N) is 1. The maximum Gasteiger partial charge on any atom is 0.275 e. The number of aliphatic imine (C=N–C) groups is 1. The Labute approximate surface area is 198 Å². The zero-order valence-electron chi connectivity index (χ0n) is 18.1. The average Bonchev–Trinajstić information content (AvgIpc) is 3.24. The summed E-state index contributed by atoms with van der Waals surface area (Å²) in [5.74, 6) is 0.596. The number of carbonyl (C=O) groups is 1. The van der Waals surface area contributed by atoms with E-state index in [0.717, 1.165) is 18.1 Å². The number of nitrogens with one attached hydrogen (secondary N) is 1. The van der Waals surface area contributed by atoms with Crippen molar-refractivity contribution < 1.29 is 13.9 Å². The van der Waals surface area contributed by atoms with E-state index in [-0.39, 0.29) is 11.6 Å². The third kappa shape index (κ3) is 4.09. The number of thioether (sulfide) groups is 1. The molecule has 0 saturated carbocycles. The van der Waals surface area contributed by atoms with Gasteiger partial charge >= 0.3 is 0 Å². The number of halogens is 1. The van der Waals surface area contributed by atoms with E-state index in [1.165, 1.54) is 31.3 Å². The lowest BCUT2D eigenvalue weighted by Crippen LogP contribution is -2.40. The van der Waals surface area contributed by atoms with Crippen LogP contribution in [0.4, 0.5) is 16.0 Å². The normalized spacial score (nSPS) is 21.5. The Morgan fingerprint density at radius 2 is 2.06 bits per heavy atom. The van der Waals surface area contributed by atoms with Gasteiger partial charge in [0.25, 0.3) is 5.91 Å². The summed E-state index contributed by atoms with van der Waals surface area (Å²) in [7, 11) is 1.47. The number of amides is 1. The molecule has 0 bridgehead atoms. The third-order valence-corrected chi connectivity index (χ3v) is 6.67. The van der Waals surface area contributed by atoms with Crippen LogP contribution in [0.15, 0.2) is 48.1 Å². The van der Waals surface area contributed by atoms with E-state index in [4.69, 9.17) is 15.5 Å². The molecule has 3 aromatic heterocycles. The first kappa shape index (κ1) is 21.9. The molecule has 0 aromatic carbocycles. The quantitative estimate of drug-likeness (QED) is 0.549. The van der Waals surface area contributed by atoms with Crippen molar-refractivity contribution >= 4 is 34.5 Å². The molecule has 13 heteroatoms. The van der Waals surface area contributed by atoms with Crippen molar-refractivity contribution in [1.29, 1.82) is 0 Å². The van der Waals surface area contributed by atoms with Gasteiger partial charge in [-0.05, 0) is 12.1 Å². The van der Waals surface area contributed by atoms with E-state index in [1.807, 2.05) is 4.90 Å². The molecule has 3 aromatic rings. The summed E-state index contributed by atoms with van der Waals surface area (Å²) in [6.07, 6.45) is 6.60. The van der Waals surface area contributed by atoms with Crippen LogP contribution >= 0.6 is 11.8 Å². The zero-order valence-corrected chi connectivity index (χ0v) is 18.9. The van der Waals surface area contributed by atoms with Gasteiger partial charge in [-0.2, -0.15) is 0 Å². The third-order valence-electron chi connectivity index (χ3n) is 5.71. The summed E-state index contributed by atoms with van der Waals surface area (Å²) < 4.78 is 18.3. The predicted octanol–water partition coefficient (Wildman–Crippen LogP) is 1.45. The minimum absolute atomic E-state index is 0.0596. The van der Waals surface area contributed by atoms with Gasteiger partial charge < -0.3 is 20.7 Å². The van der Waals surface area contributed by atoms with Crippen LogP contribution in [0.5, 0.6) is 5.88 Å².